The van der Waals surface area contributed by atoms with Gasteiger partial charge in [0.2, 0.25) is 5.91 Å². The lowest BCUT2D eigenvalue weighted by molar-refractivity contribution is -0.118. The number of nitrogens with zero attached hydrogens (tertiary/aromatic N) is 3. The summed E-state index contributed by atoms with van der Waals surface area (Å²) >= 11 is 1.04. The van der Waals surface area contributed by atoms with Gasteiger partial charge in [-0.1, -0.05) is 23.9 Å². The molecule has 19 heavy (non-hydrogen) atoms. The predicted molar refractivity (Wildman–Crippen MR) is 70.0 cm³/mol. The molecule has 0 unspecified atom stereocenters. The zero-order valence-electron chi connectivity index (χ0n) is 9.81. The van der Waals surface area contributed by atoms with E-state index in [0.29, 0.717) is 6.42 Å². The van der Waals surface area contributed by atoms with Crippen molar-refractivity contribution in [2.75, 3.05) is 0 Å². The molecule has 2 heterocycles. The first kappa shape index (κ1) is 11.9. The number of benzene rings is 1. The average Bonchev–Trinajstić information content (AvgIpc) is 3.01. The molecule has 0 spiro atoms. The number of carbonyl (C=O) groups excluding carboxylic acids is 2. The number of hydrogen-bond acceptors (Lipinski definition) is 5. The van der Waals surface area contributed by atoms with E-state index < -0.39 is 0 Å². The number of hydrogen-bond donors (Lipinski definition) is 1. The first-order valence-electron chi connectivity index (χ1n) is 5.68. The number of nitrogens with one attached hydrogen (secondary N) is 1. The zero-order chi connectivity index (χ0) is 13.2. The van der Waals surface area contributed by atoms with Crippen molar-refractivity contribution in [1.82, 2.24) is 20.1 Å². The van der Waals surface area contributed by atoms with E-state index in [1.165, 1.54) is 6.33 Å². The largest absolute Gasteiger partial charge is 0.286 e. The van der Waals surface area contributed by atoms with Crippen LogP contribution in [-0.4, -0.2) is 31.2 Å². The monoisotopic (exact) mass is 274 g/mol. The minimum Gasteiger partial charge on any atom is -0.286 e. The zero-order valence-corrected chi connectivity index (χ0v) is 10.6. The average molecular weight is 274 g/mol. The Labute approximate surface area is 113 Å². The van der Waals surface area contributed by atoms with Crippen LogP contribution in [0.15, 0.2) is 36.9 Å². The smallest absolute Gasteiger partial charge is 0.286 e. The molecule has 96 valence electrons. The summed E-state index contributed by atoms with van der Waals surface area (Å²) in [5, 5.41) is 5.72. The fourth-order valence-corrected chi connectivity index (χ4v) is 2.73. The molecule has 0 bridgehead atoms. The summed E-state index contributed by atoms with van der Waals surface area (Å²) in [4.78, 5) is 26.4. The third-order valence-corrected chi connectivity index (χ3v) is 3.79. The molecular formula is C12H10N4O2S. The van der Waals surface area contributed by atoms with Crippen LogP contribution >= 0.6 is 11.8 Å². The van der Waals surface area contributed by atoms with Crippen LogP contribution in [0.4, 0.5) is 4.79 Å². The summed E-state index contributed by atoms with van der Waals surface area (Å²) in [5.74, 6) is -0.213. The van der Waals surface area contributed by atoms with Gasteiger partial charge in [-0.15, -0.1) is 0 Å². The lowest BCUT2D eigenvalue weighted by Crippen LogP contribution is -2.25. The summed E-state index contributed by atoms with van der Waals surface area (Å²) in [7, 11) is 0. The summed E-state index contributed by atoms with van der Waals surface area (Å²) in [6.45, 7) is 0. The van der Waals surface area contributed by atoms with Crippen molar-refractivity contribution in [3.63, 3.8) is 0 Å². The number of rotatable bonds is 3. The molecule has 1 aromatic carbocycles. The Balaban J connectivity index is 1.73. The van der Waals surface area contributed by atoms with Crippen LogP contribution in [0, 0.1) is 0 Å². The van der Waals surface area contributed by atoms with Gasteiger partial charge >= 0.3 is 0 Å². The quantitative estimate of drug-likeness (QED) is 0.909. The topological polar surface area (TPSA) is 76.9 Å². The van der Waals surface area contributed by atoms with Gasteiger partial charge in [-0.25, -0.2) is 9.67 Å². The third-order valence-electron chi connectivity index (χ3n) is 2.81. The van der Waals surface area contributed by atoms with Gasteiger partial charge in [0.1, 0.15) is 12.7 Å². The molecule has 1 aliphatic rings. The normalized spacial score (nSPS) is 18.6. The van der Waals surface area contributed by atoms with Gasteiger partial charge in [0, 0.05) is 0 Å². The lowest BCUT2D eigenvalue weighted by Gasteiger charge is -2.06. The van der Waals surface area contributed by atoms with Gasteiger partial charge in [0.05, 0.1) is 10.9 Å². The number of thioether (sulfide) groups is 1. The number of imide groups is 1. The SMILES string of the molecule is O=C1NC(=O)[C@H](Cc2ccc(-n3cncn3)cc2)S1. The molecule has 0 saturated carbocycles. The Morgan fingerprint density at radius 1 is 1.26 bits per heavy atom. The Morgan fingerprint density at radius 3 is 2.63 bits per heavy atom. The fraction of sp³-hybridized carbons (Fsp3) is 0.167. The van der Waals surface area contributed by atoms with Crippen molar-refractivity contribution in [3.8, 4) is 5.69 Å². The maximum atomic E-state index is 11.5. The van der Waals surface area contributed by atoms with E-state index in [4.69, 9.17) is 0 Å². The molecule has 0 radical (unpaired) electrons. The van der Waals surface area contributed by atoms with E-state index >= 15 is 0 Å². The van der Waals surface area contributed by atoms with E-state index in [9.17, 15) is 9.59 Å². The molecule has 1 N–H and O–H groups in total. The molecule has 1 saturated heterocycles. The Kier molecular flexibility index (Phi) is 3.04. The van der Waals surface area contributed by atoms with Crippen molar-refractivity contribution in [3.05, 3.63) is 42.5 Å². The Bertz CT molecular complexity index is 609. The second-order valence-electron chi connectivity index (χ2n) is 4.09. The summed E-state index contributed by atoms with van der Waals surface area (Å²) in [6, 6.07) is 7.66. The van der Waals surface area contributed by atoms with Crippen LogP contribution in [-0.2, 0) is 11.2 Å². The van der Waals surface area contributed by atoms with E-state index in [0.717, 1.165) is 23.0 Å². The predicted octanol–water partition coefficient (Wildman–Crippen LogP) is 1.16. The van der Waals surface area contributed by atoms with Crippen LogP contribution < -0.4 is 5.32 Å². The third kappa shape index (κ3) is 2.50. The molecule has 6 nitrogen and oxygen atoms in total. The van der Waals surface area contributed by atoms with Crippen LogP contribution in [0.25, 0.3) is 5.69 Å². The minimum atomic E-state index is -0.329. The van der Waals surface area contributed by atoms with Crippen LogP contribution in [0.5, 0.6) is 0 Å². The maximum absolute atomic E-state index is 11.5. The van der Waals surface area contributed by atoms with Gasteiger partial charge < -0.3 is 0 Å². The highest BCUT2D eigenvalue weighted by Crippen LogP contribution is 2.23. The minimum absolute atomic E-state index is 0.213. The molecule has 1 fully saturated rings. The molecule has 3 rings (SSSR count). The van der Waals surface area contributed by atoms with Crippen LogP contribution in [0.1, 0.15) is 5.56 Å². The van der Waals surface area contributed by atoms with E-state index in [1.54, 1.807) is 11.0 Å². The van der Waals surface area contributed by atoms with Crippen molar-refractivity contribution >= 4 is 22.9 Å². The standard InChI is InChI=1S/C12H10N4O2S/c17-11-10(19-12(18)15-11)5-8-1-3-9(4-2-8)16-7-13-6-14-16/h1-4,6-7,10H,5H2,(H,15,17,18)/t10-/m0/s1. The van der Waals surface area contributed by atoms with Crippen molar-refractivity contribution in [2.45, 2.75) is 11.7 Å². The molecule has 7 heteroatoms. The Hall–Kier alpha value is -2.15. The van der Waals surface area contributed by atoms with Gasteiger partial charge in [-0.3, -0.25) is 14.9 Å². The van der Waals surface area contributed by atoms with E-state index in [1.807, 2.05) is 24.3 Å². The van der Waals surface area contributed by atoms with Crippen LogP contribution in [0.2, 0.25) is 0 Å². The summed E-state index contributed by atoms with van der Waals surface area (Å²) in [5.41, 5.74) is 1.91. The van der Waals surface area contributed by atoms with Crippen molar-refractivity contribution in [2.24, 2.45) is 0 Å². The van der Waals surface area contributed by atoms with E-state index in [-0.39, 0.29) is 16.4 Å². The summed E-state index contributed by atoms with van der Waals surface area (Å²) in [6.07, 6.45) is 3.63. The van der Waals surface area contributed by atoms with Gasteiger partial charge in [-0.05, 0) is 24.1 Å². The molecule has 1 aromatic heterocycles. The number of carbonyl (C=O) groups is 2. The Morgan fingerprint density at radius 2 is 2.05 bits per heavy atom. The lowest BCUT2D eigenvalue weighted by atomic mass is 10.1. The highest BCUT2D eigenvalue weighted by molar-refractivity contribution is 8.15. The van der Waals surface area contributed by atoms with Gasteiger partial charge in [-0.2, -0.15) is 5.10 Å². The number of aromatic nitrogens is 3. The number of amides is 2. The van der Waals surface area contributed by atoms with Crippen molar-refractivity contribution < 1.29 is 9.59 Å². The second-order valence-corrected chi connectivity index (χ2v) is 5.27. The molecule has 1 aliphatic heterocycles. The maximum Gasteiger partial charge on any atom is 0.286 e. The van der Waals surface area contributed by atoms with Gasteiger partial charge in [0.15, 0.2) is 0 Å². The highest BCUT2D eigenvalue weighted by atomic mass is 32.2. The first-order valence-corrected chi connectivity index (χ1v) is 6.56. The second kappa shape index (κ2) is 4.85. The van der Waals surface area contributed by atoms with Crippen molar-refractivity contribution in [1.29, 1.82) is 0 Å². The van der Waals surface area contributed by atoms with E-state index in [2.05, 4.69) is 15.4 Å². The highest BCUT2D eigenvalue weighted by Gasteiger charge is 2.31. The molecule has 2 aromatic rings. The molecular weight excluding hydrogens is 264 g/mol. The molecule has 2 amide bonds. The van der Waals surface area contributed by atoms with Crippen LogP contribution in [0.3, 0.4) is 0 Å². The summed E-state index contributed by atoms with van der Waals surface area (Å²) < 4.78 is 1.66. The van der Waals surface area contributed by atoms with Gasteiger partial charge in [0.25, 0.3) is 5.24 Å². The fourth-order valence-electron chi connectivity index (χ4n) is 1.87. The molecule has 0 aliphatic carbocycles. The first-order chi connectivity index (χ1) is 9.22. The molecule has 1 atom stereocenters.